The normalized spacial score (nSPS) is 12.8. The SMILES string of the molecule is CC(=NNC(=O)C(C)Oc1ccc(Cl)cc1Cl)c1ccc(Cl)s1. The molecule has 0 fully saturated rings. The first kappa shape index (κ1) is 18.1. The second kappa shape index (κ2) is 8.02. The lowest BCUT2D eigenvalue weighted by atomic mass is 10.3. The van der Waals surface area contributed by atoms with Gasteiger partial charge >= 0.3 is 0 Å². The van der Waals surface area contributed by atoms with Gasteiger partial charge in [-0.1, -0.05) is 34.8 Å². The Balaban J connectivity index is 1.97. The zero-order valence-electron chi connectivity index (χ0n) is 12.3. The van der Waals surface area contributed by atoms with Crippen molar-refractivity contribution in [2.45, 2.75) is 20.0 Å². The lowest BCUT2D eigenvalue weighted by molar-refractivity contribution is -0.127. The molecule has 8 heteroatoms. The van der Waals surface area contributed by atoms with Crippen molar-refractivity contribution in [2.75, 3.05) is 0 Å². The third-order valence-electron chi connectivity index (χ3n) is 2.83. The van der Waals surface area contributed by atoms with Crippen molar-refractivity contribution in [3.63, 3.8) is 0 Å². The minimum absolute atomic E-state index is 0.338. The minimum atomic E-state index is -0.767. The molecular weight excluding hydrogens is 379 g/mol. The van der Waals surface area contributed by atoms with Gasteiger partial charge in [0.2, 0.25) is 0 Å². The van der Waals surface area contributed by atoms with E-state index in [1.54, 1.807) is 38.1 Å². The van der Waals surface area contributed by atoms with E-state index in [9.17, 15) is 4.79 Å². The Hall–Kier alpha value is -1.27. The molecule has 0 aliphatic carbocycles. The average molecular weight is 392 g/mol. The second-order valence-corrected chi connectivity index (χ2v) is 7.17. The zero-order chi connectivity index (χ0) is 17.0. The largest absolute Gasteiger partial charge is 0.479 e. The summed E-state index contributed by atoms with van der Waals surface area (Å²) in [6.07, 6.45) is -0.767. The lowest BCUT2D eigenvalue weighted by Gasteiger charge is -2.14. The Morgan fingerprint density at radius 1 is 1.26 bits per heavy atom. The van der Waals surface area contributed by atoms with Gasteiger partial charge in [-0.2, -0.15) is 5.10 Å². The highest BCUT2D eigenvalue weighted by atomic mass is 35.5. The molecule has 1 N–H and O–H groups in total. The van der Waals surface area contributed by atoms with E-state index >= 15 is 0 Å². The van der Waals surface area contributed by atoms with E-state index < -0.39 is 12.0 Å². The number of carbonyl (C=O) groups is 1. The second-order valence-electron chi connectivity index (χ2n) is 4.61. The van der Waals surface area contributed by atoms with Crippen molar-refractivity contribution in [3.8, 4) is 5.75 Å². The van der Waals surface area contributed by atoms with Crippen LogP contribution in [0.2, 0.25) is 14.4 Å². The van der Waals surface area contributed by atoms with Crippen LogP contribution in [0.15, 0.2) is 35.4 Å². The summed E-state index contributed by atoms with van der Waals surface area (Å²) in [5.41, 5.74) is 3.12. The van der Waals surface area contributed by atoms with E-state index in [2.05, 4.69) is 10.5 Å². The monoisotopic (exact) mass is 390 g/mol. The number of benzene rings is 1. The summed E-state index contributed by atoms with van der Waals surface area (Å²) in [6.45, 7) is 3.39. The number of nitrogens with zero attached hydrogens (tertiary/aromatic N) is 1. The van der Waals surface area contributed by atoms with Gasteiger partial charge in [0.15, 0.2) is 6.10 Å². The molecule has 0 spiro atoms. The summed E-state index contributed by atoms with van der Waals surface area (Å²) in [4.78, 5) is 12.9. The van der Waals surface area contributed by atoms with Crippen molar-refractivity contribution < 1.29 is 9.53 Å². The van der Waals surface area contributed by atoms with Gasteiger partial charge in [0, 0.05) is 5.02 Å². The summed E-state index contributed by atoms with van der Waals surface area (Å²) in [5.74, 6) is -0.0116. The molecule has 0 bridgehead atoms. The van der Waals surface area contributed by atoms with Crippen LogP contribution in [0.5, 0.6) is 5.75 Å². The Labute approximate surface area is 153 Å². The number of amides is 1. The van der Waals surface area contributed by atoms with Crippen molar-refractivity contribution in [1.29, 1.82) is 0 Å². The number of hydrogen-bond acceptors (Lipinski definition) is 4. The fourth-order valence-corrected chi connectivity index (χ4v) is 3.05. The topological polar surface area (TPSA) is 50.7 Å². The van der Waals surface area contributed by atoms with E-state index in [1.807, 2.05) is 6.07 Å². The van der Waals surface area contributed by atoms with Crippen LogP contribution in [-0.2, 0) is 4.79 Å². The molecule has 1 aromatic carbocycles. The van der Waals surface area contributed by atoms with Crippen molar-refractivity contribution in [2.24, 2.45) is 5.10 Å². The summed E-state index contributed by atoms with van der Waals surface area (Å²) in [6, 6.07) is 8.40. The quantitative estimate of drug-likeness (QED) is 0.575. The Bertz CT molecular complexity index is 746. The molecule has 0 aliphatic heterocycles. The van der Waals surface area contributed by atoms with Gasteiger partial charge in [-0.15, -0.1) is 11.3 Å². The molecule has 0 saturated heterocycles. The van der Waals surface area contributed by atoms with Crippen LogP contribution in [0.3, 0.4) is 0 Å². The van der Waals surface area contributed by atoms with E-state index in [0.717, 1.165) is 4.88 Å². The van der Waals surface area contributed by atoms with Crippen LogP contribution in [0.25, 0.3) is 0 Å². The van der Waals surface area contributed by atoms with E-state index in [0.29, 0.717) is 25.8 Å². The van der Waals surface area contributed by atoms with Gasteiger partial charge in [-0.25, -0.2) is 5.43 Å². The molecule has 122 valence electrons. The van der Waals surface area contributed by atoms with Crippen LogP contribution in [-0.4, -0.2) is 17.7 Å². The summed E-state index contributed by atoms with van der Waals surface area (Å²) < 4.78 is 6.18. The molecule has 1 aromatic heterocycles. The molecule has 1 heterocycles. The molecule has 2 rings (SSSR count). The Kier molecular flexibility index (Phi) is 6.30. The van der Waals surface area contributed by atoms with E-state index in [-0.39, 0.29) is 0 Å². The number of halogens is 3. The van der Waals surface area contributed by atoms with Crippen molar-refractivity contribution >= 4 is 57.8 Å². The molecule has 0 aliphatic rings. The van der Waals surface area contributed by atoms with Gasteiger partial charge in [0.25, 0.3) is 5.91 Å². The van der Waals surface area contributed by atoms with E-state index in [4.69, 9.17) is 39.5 Å². The smallest absolute Gasteiger partial charge is 0.280 e. The van der Waals surface area contributed by atoms with Crippen LogP contribution in [0, 0.1) is 0 Å². The molecule has 2 aromatic rings. The van der Waals surface area contributed by atoms with Gasteiger partial charge < -0.3 is 4.74 Å². The minimum Gasteiger partial charge on any atom is -0.479 e. The summed E-state index contributed by atoms with van der Waals surface area (Å²) in [5, 5.41) is 4.87. The highest BCUT2D eigenvalue weighted by Gasteiger charge is 2.16. The summed E-state index contributed by atoms with van der Waals surface area (Å²) in [7, 11) is 0. The standard InChI is InChI=1S/C15H13Cl3N2O2S/c1-8(13-5-6-14(18)23-13)19-20-15(21)9(2)22-12-4-3-10(16)7-11(12)17/h3-7,9H,1-2H3,(H,20,21). The number of carbonyl (C=O) groups excluding carboxylic acids is 1. The van der Waals surface area contributed by atoms with Crippen LogP contribution < -0.4 is 10.2 Å². The number of rotatable bonds is 5. The molecule has 23 heavy (non-hydrogen) atoms. The first-order valence-corrected chi connectivity index (χ1v) is 8.53. The Morgan fingerprint density at radius 3 is 2.61 bits per heavy atom. The Morgan fingerprint density at radius 2 is 2.00 bits per heavy atom. The maximum atomic E-state index is 12.0. The molecule has 1 unspecified atom stereocenters. The first-order chi connectivity index (χ1) is 10.9. The van der Waals surface area contributed by atoms with E-state index in [1.165, 1.54) is 11.3 Å². The van der Waals surface area contributed by atoms with Gasteiger partial charge in [-0.3, -0.25) is 4.79 Å². The number of hydrogen-bond donors (Lipinski definition) is 1. The molecule has 1 atom stereocenters. The van der Waals surface area contributed by atoms with Crippen molar-refractivity contribution in [3.05, 3.63) is 49.6 Å². The van der Waals surface area contributed by atoms with Crippen LogP contribution >= 0.6 is 46.1 Å². The number of thiophene rings is 1. The number of hydrazone groups is 1. The fourth-order valence-electron chi connectivity index (χ4n) is 1.61. The molecular formula is C15H13Cl3N2O2S. The summed E-state index contributed by atoms with van der Waals surface area (Å²) >= 11 is 19.1. The van der Waals surface area contributed by atoms with Crippen LogP contribution in [0.1, 0.15) is 18.7 Å². The predicted octanol–water partition coefficient (Wildman–Crippen LogP) is 5.02. The highest BCUT2D eigenvalue weighted by Crippen LogP contribution is 2.28. The van der Waals surface area contributed by atoms with Gasteiger partial charge in [0.1, 0.15) is 5.75 Å². The van der Waals surface area contributed by atoms with Gasteiger partial charge in [-0.05, 0) is 44.2 Å². The molecule has 4 nitrogen and oxygen atoms in total. The molecule has 0 radical (unpaired) electrons. The van der Waals surface area contributed by atoms with Crippen LogP contribution in [0.4, 0.5) is 0 Å². The number of ether oxygens (including phenoxy) is 1. The maximum Gasteiger partial charge on any atom is 0.280 e. The van der Waals surface area contributed by atoms with Gasteiger partial charge in [0.05, 0.1) is 19.9 Å². The maximum absolute atomic E-state index is 12.0. The fraction of sp³-hybridized carbons (Fsp3) is 0.200. The number of nitrogens with one attached hydrogen (secondary N) is 1. The average Bonchev–Trinajstić information content (AvgIpc) is 2.93. The highest BCUT2D eigenvalue weighted by molar-refractivity contribution is 7.18. The lowest BCUT2D eigenvalue weighted by Crippen LogP contribution is -2.34. The van der Waals surface area contributed by atoms with Crippen molar-refractivity contribution in [1.82, 2.24) is 5.43 Å². The third-order valence-corrected chi connectivity index (χ3v) is 4.70. The predicted molar refractivity (Wildman–Crippen MR) is 96.2 cm³/mol. The molecule has 0 saturated carbocycles. The zero-order valence-corrected chi connectivity index (χ0v) is 15.4. The third kappa shape index (κ3) is 5.11. The first-order valence-electron chi connectivity index (χ1n) is 6.58. The molecule has 1 amide bonds.